The number of guanidine groups is 1. The van der Waals surface area contributed by atoms with Crippen LogP contribution in [0.5, 0.6) is 5.75 Å². The first-order chi connectivity index (χ1) is 16.9. The normalized spacial score (nSPS) is 25.5. The number of fused-ring (bicyclic) bond motifs is 1. The van der Waals surface area contributed by atoms with Crippen LogP contribution >= 0.6 is 11.6 Å². The van der Waals surface area contributed by atoms with Crippen molar-refractivity contribution in [1.29, 1.82) is 5.41 Å². The summed E-state index contributed by atoms with van der Waals surface area (Å²) in [7, 11) is 0. The second-order valence-electron chi connectivity index (χ2n) is 10.8. The van der Waals surface area contributed by atoms with Crippen molar-refractivity contribution in [3.05, 3.63) is 28.8 Å². The van der Waals surface area contributed by atoms with Gasteiger partial charge in [0.15, 0.2) is 5.96 Å². The molecule has 9 nitrogen and oxygen atoms in total. The topological polar surface area (TPSA) is 132 Å². The Morgan fingerprint density at radius 1 is 1.30 bits per heavy atom. The highest BCUT2D eigenvalue weighted by Crippen LogP contribution is 2.43. The lowest BCUT2D eigenvalue weighted by Crippen LogP contribution is -2.60. The Labute approximate surface area is 217 Å². The van der Waals surface area contributed by atoms with Gasteiger partial charge in [0, 0.05) is 41.4 Å². The largest absolute Gasteiger partial charge is 0.490 e. The van der Waals surface area contributed by atoms with E-state index in [4.69, 9.17) is 31.6 Å². The Morgan fingerprint density at radius 2 is 1.92 bits per heavy atom. The number of rotatable bonds is 4. The Balaban J connectivity index is 0.000000479. The van der Waals surface area contributed by atoms with Crippen molar-refractivity contribution in [3.63, 3.8) is 0 Å². The molecule has 4 rings (SSSR count). The van der Waals surface area contributed by atoms with Crippen molar-refractivity contribution in [3.8, 4) is 5.75 Å². The Hall–Kier alpha value is -3.02. The van der Waals surface area contributed by atoms with Crippen molar-refractivity contribution >= 4 is 35.3 Å². The lowest BCUT2D eigenvalue weighted by Gasteiger charge is -2.38. The zero-order chi connectivity index (χ0) is 27.9. The van der Waals surface area contributed by atoms with Gasteiger partial charge in [-0.2, -0.15) is 13.2 Å². The molecule has 3 aliphatic rings. The summed E-state index contributed by atoms with van der Waals surface area (Å²) in [5.74, 6) is -2.04. The number of carbonyl (C=O) groups excluding carboxylic acids is 2. The molecule has 4 N–H and O–H groups in total. The Kier molecular flexibility index (Phi) is 7.74. The summed E-state index contributed by atoms with van der Waals surface area (Å²) in [6.45, 7) is 8.23. The van der Waals surface area contributed by atoms with Gasteiger partial charge in [-0.25, -0.2) is 4.79 Å². The highest BCUT2D eigenvalue weighted by molar-refractivity contribution is 6.30. The maximum atomic E-state index is 12.9. The third kappa shape index (κ3) is 7.27. The van der Waals surface area contributed by atoms with E-state index in [1.54, 1.807) is 6.07 Å². The molecule has 2 fully saturated rings. The van der Waals surface area contributed by atoms with Gasteiger partial charge in [-0.05, 0) is 58.2 Å². The molecule has 2 heterocycles. The number of hydrogen-bond donors (Lipinski definition) is 4. The molecule has 13 heteroatoms. The number of nitrogens with zero attached hydrogens (tertiary/aromatic N) is 1. The predicted octanol–water partition coefficient (Wildman–Crippen LogP) is 3.86. The van der Waals surface area contributed by atoms with Crippen LogP contribution in [0.1, 0.15) is 58.6 Å². The number of alkyl halides is 3. The molecular formula is C24H30ClF3N4O5. The van der Waals surface area contributed by atoms with Gasteiger partial charge in [0.25, 0.3) is 0 Å². The minimum Gasteiger partial charge on any atom is -0.487 e. The van der Waals surface area contributed by atoms with Gasteiger partial charge in [-0.3, -0.25) is 19.9 Å². The zero-order valence-electron chi connectivity index (χ0n) is 20.8. The van der Waals surface area contributed by atoms with Gasteiger partial charge in [-0.15, -0.1) is 0 Å². The molecule has 1 aromatic carbocycles. The van der Waals surface area contributed by atoms with Crippen molar-refractivity contribution in [1.82, 2.24) is 15.5 Å². The van der Waals surface area contributed by atoms with Crippen LogP contribution in [0.2, 0.25) is 5.02 Å². The third-order valence-electron chi connectivity index (χ3n) is 6.29. The molecule has 37 heavy (non-hydrogen) atoms. The molecule has 2 amide bonds. The van der Waals surface area contributed by atoms with Crippen LogP contribution in [0.3, 0.4) is 0 Å². The summed E-state index contributed by atoms with van der Waals surface area (Å²) in [6.07, 6.45) is -3.37. The quantitative estimate of drug-likeness (QED) is 0.453. The van der Waals surface area contributed by atoms with E-state index in [9.17, 15) is 22.8 Å². The number of carboxylic acid groups (broad SMARTS) is 1. The highest BCUT2D eigenvalue weighted by atomic mass is 35.5. The average molecular weight is 547 g/mol. The number of hydrogen-bond acceptors (Lipinski definition) is 5. The fourth-order valence-electron chi connectivity index (χ4n) is 4.46. The molecule has 0 radical (unpaired) electrons. The van der Waals surface area contributed by atoms with Gasteiger partial charge in [0.05, 0.1) is 6.04 Å². The van der Waals surface area contributed by atoms with E-state index < -0.39 is 23.3 Å². The smallest absolute Gasteiger partial charge is 0.487 e. The summed E-state index contributed by atoms with van der Waals surface area (Å²) < 4.78 is 37.8. The molecule has 0 bridgehead atoms. The van der Waals surface area contributed by atoms with Crippen LogP contribution in [0.25, 0.3) is 0 Å². The molecule has 0 unspecified atom stereocenters. The lowest BCUT2D eigenvalue weighted by molar-refractivity contribution is -0.192. The predicted molar refractivity (Wildman–Crippen MR) is 128 cm³/mol. The van der Waals surface area contributed by atoms with Gasteiger partial charge in [0.1, 0.15) is 11.4 Å². The summed E-state index contributed by atoms with van der Waals surface area (Å²) >= 11 is 6.17. The van der Waals surface area contributed by atoms with Crippen LogP contribution < -0.4 is 15.4 Å². The number of benzene rings is 1. The minimum atomic E-state index is -5.08. The number of nitrogens with one attached hydrogen (secondary N) is 3. The molecule has 3 atom stereocenters. The molecule has 1 aromatic rings. The lowest BCUT2D eigenvalue weighted by atomic mass is 9.89. The van der Waals surface area contributed by atoms with E-state index in [-0.39, 0.29) is 35.7 Å². The van der Waals surface area contributed by atoms with Gasteiger partial charge in [-0.1, -0.05) is 11.6 Å². The SMILES string of the molecule is CC1(C)CC(=O)N(C[C@@H]2C[C@H]2C(=O)N[C@H]2CC(C)(C)Oc3ccc(Cl)cc32)C(=N)N1.O=C(O)C(F)(F)F. The zero-order valence-corrected chi connectivity index (χ0v) is 21.6. The van der Waals surface area contributed by atoms with Crippen LogP contribution in [0.15, 0.2) is 18.2 Å². The molecule has 1 aliphatic carbocycles. The first kappa shape index (κ1) is 28.5. The van der Waals surface area contributed by atoms with Gasteiger partial charge in [0.2, 0.25) is 11.8 Å². The van der Waals surface area contributed by atoms with E-state index in [0.717, 1.165) is 17.7 Å². The number of aliphatic carboxylic acids is 1. The average Bonchev–Trinajstić information content (AvgIpc) is 3.49. The second-order valence-corrected chi connectivity index (χ2v) is 11.2. The van der Waals surface area contributed by atoms with Crippen LogP contribution in [-0.4, -0.2) is 57.6 Å². The first-order valence-electron chi connectivity index (χ1n) is 11.6. The summed E-state index contributed by atoms with van der Waals surface area (Å²) in [5, 5.41) is 22.1. The van der Waals surface area contributed by atoms with E-state index in [1.165, 1.54) is 4.90 Å². The second kappa shape index (κ2) is 10.0. The fraction of sp³-hybridized carbons (Fsp3) is 0.583. The van der Waals surface area contributed by atoms with Crippen LogP contribution in [0, 0.1) is 17.2 Å². The first-order valence-corrected chi connectivity index (χ1v) is 12.0. The standard InChI is InChI=1S/C22H29ClN4O3.C2HF3O2/c1-21(2)10-18(28)27(20(24)26-21)11-12-7-14(12)19(29)25-16-9-22(3,4)30-17-6-5-13(23)8-15(16)17;3-2(4,5)1(6)7/h5-6,8,12,14,16H,7,9-11H2,1-4H3,(H2,24,26)(H,25,29);(H,6,7)/t12-,14+,16-;/m0./s1. The molecule has 1 saturated carbocycles. The van der Waals surface area contributed by atoms with Crippen LogP contribution in [0.4, 0.5) is 13.2 Å². The van der Waals surface area contributed by atoms with Gasteiger partial charge >= 0.3 is 12.1 Å². The Bertz CT molecular complexity index is 1090. The van der Waals surface area contributed by atoms with Crippen molar-refractivity contribution in [2.75, 3.05) is 6.54 Å². The van der Waals surface area contributed by atoms with Crippen molar-refractivity contribution in [2.45, 2.75) is 70.3 Å². The molecular weight excluding hydrogens is 517 g/mol. The third-order valence-corrected chi connectivity index (χ3v) is 6.52. The van der Waals surface area contributed by atoms with E-state index >= 15 is 0 Å². The molecule has 0 spiro atoms. The molecule has 1 saturated heterocycles. The van der Waals surface area contributed by atoms with E-state index in [0.29, 0.717) is 24.4 Å². The maximum absolute atomic E-state index is 12.9. The number of amides is 2. The maximum Gasteiger partial charge on any atom is 0.490 e. The van der Waals surface area contributed by atoms with Gasteiger partial charge < -0.3 is 20.5 Å². The summed E-state index contributed by atoms with van der Waals surface area (Å²) in [4.78, 5) is 35.7. The fourth-order valence-corrected chi connectivity index (χ4v) is 4.64. The number of carboxylic acids is 1. The molecule has 0 aromatic heterocycles. The number of ether oxygens (including phenoxy) is 1. The van der Waals surface area contributed by atoms with Crippen LogP contribution in [-0.2, 0) is 14.4 Å². The number of carbonyl (C=O) groups is 3. The van der Waals surface area contributed by atoms with E-state index in [1.807, 2.05) is 39.8 Å². The molecule has 204 valence electrons. The summed E-state index contributed by atoms with van der Waals surface area (Å²) in [6, 6.07) is 5.31. The minimum absolute atomic E-state index is 0.0158. The monoisotopic (exact) mass is 546 g/mol. The molecule has 2 aliphatic heterocycles. The Morgan fingerprint density at radius 3 is 2.49 bits per heavy atom. The van der Waals surface area contributed by atoms with Crippen molar-refractivity contribution in [2.24, 2.45) is 11.8 Å². The number of halogens is 4. The summed E-state index contributed by atoms with van der Waals surface area (Å²) in [5.41, 5.74) is 0.0946. The van der Waals surface area contributed by atoms with E-state index in [2.05, 4.69) is 10.6 Å². The highest BCUT2D eigenvalue weighted by Gasteiger charge is 2.47. The van der Waals surface area contributed by atoms with Crippen molar-refractivity contribution < 1.29 is 37.4 Å².